The highest BCUT2D eigenvalue weighted by atomic mass is 79.9. The SMILES string of the molecule is NC(=O)NC(CC(=O)NCc1cccc(Cl)c1)c1cccc(Br)c1. The zero-order valence-corrected chi connectivity index (χ0v) is 15.1. The third-order valence-corrected chi connectivity index (χ3v) is 4.06. The summed E-state index contributed by atoms with van der Waals surface area (Å²) in [5.41, 5.74) is 6.91. The van der Waals surface area contributed by atoms with Crippen molar-refractivity contribution >= 4 is 39.5 Å². The number of primary amides is 1. The first kappa shape index (κ1) is 18.3. The predicted molar refractivity (Wildman–Crippen MR) is 97.5 cm³/mol. The molecule has 0 aliphatic heterocycles. The van der Waals surface area contributed by atoms with E-state index in [-0.39, 0.29) is 12.3 Å². The van der Waals surface area contributed by atoms with E-state index in [0.717, 1.165) is 15.6 Å². The van der Waals surface area contributed by atoms with Crippen LogP contribution in [0.15, 0.2) is 53.0 Å². The molecule has 0 fully saturated rings. The molecule has 126 valence electrons. The molecule has 24 heavy (non-hydrogen) atoms. The number of hydrogen-bond donors (Lipinski definition) is 3. The maximum atomic E-state index is 12.2. The van der Waals surface area contributed by atoms with Crippen molar-refractivity contribution in [2.45, 2.75) is 19.0 Å². The Morgan fingerprint density at radius 1 is 1.17 bits per heavy atom. The van der Waals surface area contributed by atoms with Crippen molar-refractivity contribution in [1.29, 1.82) is 0 Å². The molecule has 1 unspecified atom stereocenters. The van der Waals surface area contributed by atoms with E-state index in [1.807, 2.05) is 36.4 Å². The molecule has 2 aromatic rings. The fourth-order valence-corrected chi connectivity index (χ4v) is 2.88. The maximum Gasteiger partial charge on any atom is 0.312 e. The minimum Gasteiger partial charge on any atom is -0.352 e. The van der Waals surface area contributed by atoms with Crippen molar-refractivity contribution < 1.29 is 9.59 Å². The molecule has 3 amide bonds. The van der Waals surface area contributed by atoms with E-state index < -0.39 is 12.1 Å². The van der Waals surface area contributed by atoms with E-state index in [0.29, 0.717) is 11.6 Å². The van der Waals surface area contributed by atoms with Crippen LogP contribution in [-0.4, -0.2) is 11.9 Å². The van der Waals surface area contributed by atoms with Crippen LogP contribution in [-0.2, 0) is 11.3 Å². The van der Waals surface area contributed by atoms with Gasteiger partial charge in [0.1, 0.15) is 0 Å². The molecule has 0 spiro atoms. The van der Waals surface area contributed by atoms with E-state index in [1.165, 1.54) is 0 Å². The Balaban J connectivity index is 2.00. The van der Waals surface area contributed by atoms with E-state index in [2.05, 4.69) is 26.6 Å². The van der Waals surface area contributed by atoms with Gasteiger partial charge >= 0.3 is 6.03 Å². The molecule has 7 heteroatoms. The van der Waals surface area contributed by atoms with Gasteiger partial charge in [-0.3, -0.25) is 4.79 Å². The van der Waals surface area contributed by atoms with Crippen molar-refractivity contribution in [3.05, 3.63) is 69.2 Å². The number of rotatable bonds is 6. The number of hydrogen-bond acceptors (Lipinski definition) is 2. The van der Waals surface area contributed by atoms with Crippen LogP contribution in [0.3, 0.4) is 0 Å². The highest BCUT2D eigenvalue weighted by Gasteiger charge is 2.17. The smallest absolute Gasteiger partial charge is 0.312 e. The van der Waals surface area contributed by atoms with Gasteiger partial charge in [0.15, 0.2) is 0 Å². The third-order valence-electron chi connectivity index (χ3n) is 3.34. The summed E-state index contributed by atoms with van der Waals surface area (Å²) in [6.45, 7) is 0.362. The van der Waals surface area contributed by atoms with E-state index in [1.54, 1.807) is 12.1 Å². The second-order valence-electron chi connectivity index (χ2n) is 5.23. The molecule has 0 aliphatic rings. The Labute approximate surface area is 153 Å². The summed E-state index contributed by atoms with van der Waals surface area (Å²) < 4.78 is 0.857. The van der Waals surface area contributed by atoms with Crippen LogP contribution in [0, 0.1) is 0 Å². The van der Waals surface area contributed by atoms with Gasteiger partial charge in [0.25, 0.3) is 0 Å². The molecule has 0 aromatic heterocycles. The molecular weight excluding hydrogens is 394 g/mol. The quantitative estimate of drug-likeness (QED) is 0.681. The van der Waals surface area contributed by atoms with Gasteiger partial charge in [-0.2, -0.15) is 0 Å². The molecule has 0 radical (unpaired) electrons. The predicted octanol–water partition coefficient (Wildman–Crippen LogP) is 3.52. The van der Waals surface area contributed by atoms with Crippen LogP contribution >= 0.6 is 27.5 Å². The molecule has 0 heterocycles. The Morgan fingerprint density at radius 2 is 1.92 bits per heavy atom. The summed E-state index contributed by atoms with van der Waals surface area (Å²) in [6, 6.07) is 13.4. The Hall–Kier alpha value is -2.05. The van der Waals surface area contributed by atoms with Crippen LogP contribution in [0.2, 0.25) is 5.02 Å². The van der Waals surface area contributed by atoms with Crippen molar-refractivity contribution in [3.63, 3.8) is 0 Å². The molecule has 2 rings (SSSR count). The van der Waals surface area contributed by atoms with Crippen LogP contribution in [0.4, 0.5) is 4.79 Å². The van der Waals surface area contributed by atoms with E-state index >= 15 is 0 Å². The molecular formula is C17H17BrClN3O2. The summed E-state index contributed by atoms with van der Waals surface area (Å²) in [7, 11) is 0. The summed E-state index contributed by atoms with van der Waals surface area (Å²) in [5, 5.41) is 6.03. The first-order valence-corrected chi connectivity index (χ1v) is 8.43. The number of urea groups is 1. The fraction of sp³-hybridized carbons (Fsp3) is 0.176. The van der Waals surface area contributed by atoms with Crippen molar-refractivity contribution in [3.8, 4) is 0 Å². The van der Waals surface area contributed by atoms with E-state index in [9.17, 15) is 9.59 Å². The van der Waals surface area contributed by atoms with Gasteiger partial charge in [0.2, 0.25) is 5.91 Å². The summed E-state index contributed by atoms with van der Waals surface area (Å²) >= 11 is 9.29. The third kappa shape index (κ3) is 5.86. The highest BCUT2D eigenvalue weighted by molar-refractivity contribution is 9.10. The second kappa shape index (κ2) is 8.70. The highest BCUT2D eigenvalue weighted by Crippen LogP contribution is 2.21. The molecule has 0 saturated heterocycles. The molecule has 2 aromatic carbocycles. The Morgan fingerprint density at radius 3 is 2.58 bits per heavy atom. The molecule has 0 aliphatic carbocycles. The van der Waals surface area contributed by atoms with Crippen molar-refractivity contribution in [2.75, 3.05) is 0 Å². The fourth-order valence-electron chi connectivity index (χ4n) is 2.25. The lowest BCUT2D eigenvalue weighted by Gasteiger charge is -2.18. The number of nitrogens with two attached hydrogens (primary N) is 1. The lowest BCUT2D eigenvalue weighted by molar-refractivity contribution is -0.121. The molecule has 5 nitrogen and oxygen atoms in total. The Bertz CT molecular complexity index is 739. The van der Waals surface area contributed by atoms with Gasteiger partial charge in [-0.1, -0.05) is 51.8 Å². The number of benzene rings is 2. The van der Waals surface area contributed by atoms with Gasteiger partial charge in [0, 0.05) is 16.0 Å². The average Bonchev–Trinajstić information content (AvgIpc) is 2.52. The molecule has 1 atom stereocenters. The zero-order chi connectivity index (χ0) is 17.5. The van der Waals surface area contributed by atoms with Crippen molar-refractivity contribution in [1.82, 2.24) is 10.6 Å². The number of amides is 3. The lowest BCUT2D eigenvalue weighted by Crippen LogP contribution is -2.36. The van der Waals surface area contributed by atoms with E-state index in [4.69, 9.17) is 17.3 Å². The van der Waals surface area contributed by atoms with Crippen molar-refractivity contribution in [2.24, 2.45) is 5.73 Å². The van der Waals surface area contributed by atoms with Crippen LogP contribution < -0.4 is 16.4 Å². The zero-order valence-electron chi connectivity index (χ0n) is 12.8. The number of halogens is 2. The minimum atomic E-state index is -0.678. The monoisotopic (exact) mass is 409 g/mol. The first-order chi connectivity index (χ1) is 11.4. The maximum absolute atomic E-state index is 12.2. The largest absolute Gasteiger partial charge is 0.352 e. The van der Waals surface area contributed by atoms with Crippen LogP contribution in [0.25, 0.3) is 0 Å². The lowest BCUT2D eigenvalue weighted by atomic mass is 10.0. The molecule has 0 bridgehead atoms. The average molecular weight is 411 g/mol. The summed E-state index contributed by atoms with van der Waals surface area (Å²) in [6.07, 6.45) is 0.0833. The van der Waals surface area contributed by atoms with Gasteiger partial charge in [-0.25, -0.2) is 4.79 Å². The first-order valence-electron chi connectivity index (χ1n) is 7.26. The molecule has 0 saturated carbocycles. The second-order valence-corrected chi connectivity index (χ2v) is 6.58. The van der Waals surface area contributed by atoms with Crippen LogP contribution in [0.5, 0.6) is 0 Å². The minimum absolute atomic E-state index is 0.0833. The number of carbonyl (C=O) groups excluding carboxylic acids is 2. The number of carbonyl (C=O) groups is 2. The molecule has 4 N–H and O–H groups in total. The Kier molecular flexibility index (Phi) is 6.63. The van der Waals surface area contributed by atoms with Gasteiger partial charge in [-0.05, 0) is 35.4 Å². The normalized spacial score (nSPS) is 11.6. The summed E-state index contributed by atoms with van der Waals surface area (Å²) in [5.74, 6) is -0.200. The summed E-state index contributed by atoms with van der Waals surface area (Å²) in [4.78, 5) is 23.4. The van der Waals surface area contributed by atoms with Gasteiger partial charge in [-0.15, -0.1) is 0 Å². The van der Waals surface area contributed by atoms with Gasteiger partial charge < -0.3 is 16.4 Å². The van der Waals surface area contributed by atoms with Gasteiger partial charge in [0.05, 0.1) is 12.5 Å². The standard InChI is InChI=1S/C17H17BrClN3O2/c18-13-5-2-4-12(8-13)15(22-17(20)24)9-16(23)21-10-11-3-1-6-14(19)7-11/h1-8,15H,9-10H2,(H,21,23)(H3,20,22,24). The number of nitrogens with one attached hydrogen (secondary N) is 2. The topological polar surface area (TPSA) is 84.2 Å². The van der Waals surface area contributed by atoms with Crippen LogP contribution in [0.1, 0.15) is 23.6 Å².